The van der Waals surface area contributed by atoms with E-state index < -0.39 is 24.1 Å². The molecule has 1 N–H and O–H groups in total. The van der Waals surface area contributed by atoms with Crippen molar-refractivity contribution in [1.82, 2.24) is 0 Å². The zero-order valence-corrected chi connectivity index (χ0v) is 11.1. The van der Waals surface area contributed by atoms with Gasteiger partial charge in [-0.05, 0) is 12.8 Å². The predicted molar refractivity (Wildman–Crippen MR) is 65.8 cm³/mol. The minimum atomic E-state index is -1.68. The molecule has 1 aliphatic rings. The summed E-state index contributed by atoms with van der Waals surface area (Å²) in [6.45, 7) is -0.257. The Hall–Kier alpha value is -1.92. The van der Waals surface area contributed by atoms with Gasteiger partial charge in [0.1, 0.15) is 19.6 Å². The molecule has 0 bridgehead atoms. The van der Waals surface area contributed by atoms with Crippen LogP contribution in [0.2, 0.25) is 0 Å². The van der Waals surface area contributed by atoms with Crippen molar-refractivity contribution in [3.05, 3.63) is 0 Å². The minimum Gasteiger partial charge on any atom is -0.475 e. The van der Waals surface area contributed by atoms with Gasteiger partial charge in [-0.3, -0.25) is 14.4 Å². The lowest BCUT2D eigenvalue weighted by molar-refractivity contribution is -0.158. The molecule has 0 heterocycles. The van der Waals surface area contributed by atoms with Gasteiger partial charge in [-0.15, -0.1) is 0 Å². The Morgan fingerprint density at radius 1 is 0.950 bits per heavy atom. The van der Waals surface area contributed by atoms with Crippen molar-refractivity contribution in [2.75, 3.05) is 13.2 Å². The monoisotopic (exact) mass is 286 g/mol. The van der Waals surface area contributed by atoms with Gasteiger partial charge in [0.15, 0.2) is 0 Å². The molecule has 0 saturated heterocycles. The molecule has 0 amide bonds. The highest BCUT2D eigenvalue weighted by Gasteiger charge is 2.22. The molecule has 20 heavy (non-hydrogen) atoms. The van der Waals surface area contributed by atoms with Crippen LogP contribution in [0.3, 0.4) is 0 Å². The van der Waals surface area contributed by atoms with Crippen LogP contribution >= 0.6 is 0 Å². The first kappa shape index (κ1) is 16.1. The van der Waals surface area contributed by atoms with E-state index >= 15 is 0 Å². The molecule has 112 valence electrons. The molecule has 1 saturated carbocycles. The van der Waals surface area contributed by atoms with Crippen molar-refractivity contribution in [1.29, 1.82) is 0 Å². The highest BCUT2D eigenvalue weighted by atomic mass is 16.6. The van der Waals surface area contributed by atoms with Gasteiger partial charge < -0.3 is 14.6 Å². The number of rotatable bonds is 7. The highest BCUT2D eigenvalue weighted by Crippen LogP contribution is 2.24. The first-order valence-electron chi connectivity index (χ1n) is 6.59. The van der Waals surface area contributed by atoms with Crippen molar-refractivity contribution in [3.8, 4) is 0 Å². The topological polar surface area (TPSA) is 107 Å². The lowest BCUT2D eigenvalue weighted by atomic mass is 9.89. The number of carboxylic acids is 1. The molecule has 0 aromatic carbocycles. The smallest absolute Gasteiger partial charge is 0.372 e. The van der Waals surface area contributed by atoms with E-state index in [9.17, 15) is 19.2 Å². The SMILES string of the molecule is O=C(CC(=O)C(=O)O)OCCOC(=O)C1CCCCC1. The van der Waals surface area contributed by atoms with Gasteiger partial charge in [-0.1, -0.05) is 19.3 Å². The molecule has 0 aromatic rings. The highest BCUT2D eigenvalue weighted by molar-refractivity contribution is 6.35. The lowest BCUT2D eigenvalue weighted by Crippen LogP contribution is -2.23. The number of carbonyl (C=O) groups is 4. The van der Waals surface area contributed by atoms with Crippen LogP contribution in [-0.2, 0) is 28.7 Å². The van der Waals surface area contributed by atoms with E-state index in [1.807, 2.05) is 0 Å². The quantitative estimate of drug-likeness (QED) is 0.317. The van der Waals surface area contributed by atoms with Crippen LogP contribution in [0, 0.1) is 5.92 Å². The van der Waals surface area contributed by atoms with Gasteiger partial charge in [0.25, 0.3) is 5.78 Å². The molecule has 7 nitrogen and oxygen atoms in total. The number of esters is 2. The maximum Gasteiger partial charge on any atom is 0.372 e. The van der Waals surface area contributed by atoms with Crippen molar-refractivity contribution in [2.24, 2.45) is 5.92 Å². The fourth-order valence-corrected chi connectivity index (χ4v) is 2.01. The van der Waals surface area contributed by atoms with Gasteiger partial charge in [-0.25, -0.2) is 4.79 Å². The number of ether oxygens (including phenoxy) is 2. The van der Waals surface area contributed by atoms with Crippen LogP contribution in [0.4, 0.5) is 0 Å². The van der Waals surface area contributed by atoms with Crippen LogP contribution in [0.5, 0.6) is 0 Å². The lowest BCUT2D eigenvalue weighted by Gasteiger charge is -2.19. The predicted octanol–water partition coefficient (Wildman–Crippen LogP) is 0.697. The second kappa shape index (κ2) is 8.29. The molecule has 0 atom stereocenters. The van der Waals surface area contributed by atoms with E-state index in [0.717, 1.165) is 32.1 Å². The summed E-state index contributed by atoms with van der Waals surface area (Å²) in [6, 6.07) is 0. The maximum absolute atomic E-state index is 11.6. The Morgan fingerprint density at radius 2 is 1.55 bits per heavy atom. The average molecular weight is 286 g/mol. The Morgan fingerprint density at radius 3 is 2.15 bits per heavy atom. The number of aliphatic carboxylic acids is 1. The molecule has 7 heteroatoms. The van der Waals surface area contributed by atoms with Gasteiger partial charge >= 0.3 is 17.9 Å². The summed E-state index contributed by atoms with van der Waals surface area (Å²) in [5.74, 6) is -4.21. The van der Waals surface area contributed by atoms with Crippen LogP contribution in [-0.4, -0.2) is 42.0 Å². The van der Waals surface area contributed by atoms with E-state index in [1.165, 1.54) is 0 Å². The molecule has 0 spiro atoms. The van der Waals surface area contributed by atoms with Crippen LogP contribution < -0.4 is 0 Å². The number of hydrogen-bond acceptors (Lipinski definition) is 6. The van der Waals surface area contributed by atoms with Gasteiger partial charge in [0.2, 0.25) is 0 Å². The van der Waals surface area contributed by atoms with Crippen molar-refractivity contribution < 1.29 is 33.8 Å². The second-order valence-electron chi connectivity index (χ2n) is 4.63. The number of carboxylic acid groups (broad SMARTS) is 1. The minimum absolute atomic E-state index is 0.0759. The zero-order chi connectivity index (χ0) is 15.0. The Labute approximate surface area is 116 Å². The molecule has 0 unspecified atom stereocenters. The molecule has 0 radical (unpaired) electrons. The van der Waals surface area contributed by atoms with Crippen LogP contribution in [0.25, 0.3) is 0 Å². The first-order valence-corrected chi connectivity index (χ1v) is 6.59. The summed E-state index contributed by atoms with van der Waals surface area (Å²) in [5.41, 5.74) is 0. The standard InChI is InChI=1S/C13H18O7/c14-10(12(16)17)8-11(15)19-6-7-20-13(18)9-4-2-1-3-5-9/h9H,1-8H2,(H,16,17). The number of carbonyl (C=O) groups excluding carboxylic acids is 3. The van der Waals surface area contributed by atoms with E-state index in [0.29, 0.717) is 0 Å². The van der Waals surface area contributed by atoms with Crippen molar-refractivity contribution >= 4 is 23.7 Å². The molecule has 1 rings (SSSR count). The summed E-state index contributed by atoms with van der Waals surface area (Å²) < 4.78 is 9.57. The second-order valence-corrected chi connectivity index (χ2v) is 4.63. The molecular formula is C13H18O7. The maximum atomic E-state index is 11.6. The van der Waals surface area contributed by atoms with E-state index in [1.54, 1.807) is 0 Å². The molecule has 1 aliphatic carbocycles. The third kappa shape index (κ3) is 5.81. The third-order valence-electron chi connectivity index (χ3n) is 3.07. The fourth-order valence-electron chi connectivity index (χ4n) is 2.01. The third-order valence-corrected chi connectivity index (χ3v) is 3.07. The van der Waals surface area contributed by atoms with Crippen LogP contribution in [0.15, 0.2) is 0 Å². The van der Waals surface area contributed by atoms with Crippen molar-refractivity contribution in [3.63, 3.8) is 0 Å². The average Bonchev–Trinajstić information content (AvgIpc) is 2.44. The number of ketones is 1. The van der Waals surface area contributed by atoms with Crippen LogP contribution in [0.1, 0.15) is 38.5 Å². The summed E-state index contributed by atoms with van der Waals surface area (Å²) in [4.78, 5) is 43.6. The summed E-state index contributed by atoms with van der Waals surface area (Å²) >= 11 is 0. The Kier molecular flexibility index (Phi) is 6.69. The zero-order valence-electron chi connectivity index (χ0n) is 11.1. The molecule has 0 aliphatic heterocycles. The van der Waals surface area contributed by atoms with Crippen molar-refractivity contribution in [2.45, 2.75) is 38.5 Å². The summed E-state index contributed by atoms with van der Waals surface area (Å²) in [5, 5.41) is 8.29. The number of hydrogen-bond donors (Lipinski definition) is 1. The molecule has 1 fully saturated rings. The Balaban J connectivity index is 2.11. The number of Topliss-reactive ketones (excluding diaryl/α,β-unsaturated/α-hetero) is 1. The van der Waals surface area contributed by atoms with Gasteiger partial charge in [-0.2, -0.15) is 0 Å². The largest absolute Gasteiger partial charge is 0.475 e. The Bertz CT molecular complexity index is 382. The van der Waals surface area contributed by atoms with E-state index in [2.05, 4.69) is 4.74 Å². The molecular weight excluding hydrogens is 268 g/mol. The van der Waals surface area contributed by atoms with Gasteiger partial charge in [0, 0.05) is 0 Å². The summed E-state index contributed by atoms with van der Waals surface area (Å²) in [6.07, 6.45) is 4.01. The summed E-state index contributed by atoms with van der Waals surface area (Å²) in [7, 11) is 0. The first-order chi connectivity index (χ1) is 9.50. The van der Waals surface area contributed by atoms with Gasteiger partial charge in [0.05, 0.1) is 5.92 Å². The van der Waals surface area contributed by atoms with E-state index in [-0.39, 0.29) is 25.1 Å². The van der Waals surface area contributed by atoms with E-state index in [4.69, 9.17) is 9.84 Å². The fraction of sp³-hybridized carbons (Fsp3) is 0.692. The molecule has 0 aromatic heterocycles. The normalized spacial score (nSPS) is 15.4.